The Bertz CT molecular complexity index is 482. The molecule has 102 valence electrons. The Morgan fingerprint density at radius 2 is 2.11 bits per heavy atom. The summed E-state index contributed by atoms with van der Waals surface area (Å²) in [7, 11) is 0. The van der Waals surface area contributed by atoms with Crippen LogP contribution in [-0.4, -0.2) is 34.0 Å². The van der Waals surface area contributed by atoms with Crippen LogP contribution in [0.15, 0.2) is 22.8 Å². The number of amides is 1. The third-order valence-electron chi connectivity index (χ3n) is 4.34. The van der Waals surface area contributed by atoms with Crippen molar-refractivity contribution >= 4 is 11.9 Å². The summed E-state index contributed by atoms with van der Waals surface area (Å²) in [6.45, 7) is 0. The average Bonchev–Trinajstić information content (AvgIpc) is 3.05. The van der Waals surface area contributed by atoms with E-state index < -0.39 is 12.0 Å². The van der Waals surface area contributed by atoms with Crippen molar-refractivity contribution in [2.75, 3.05) is 0 Å². The normalized spacial score (nSPS) is 30.1. The molecule has 0 unspecified atom stereocenters. The van der Waals surface area contributed by atoms with Crippen molar-refractivity contribution in [3.63, 3.8) is 0 Å². The molecule has 1 aliphatic carbocycles. The van der Waals surface area contributed by atoms with Crippen LogP contribution in [0, 0.1) is 5.92 Å². The molecule has 5 nitrogen and oxygen atoms in total. The van der Waals surface area contributed by atoms with Gasteiger partial charge in [0.25, 0.3) is 5.91 Å². The van der Waals surface area contributed by atoms with Gasteiger partial charge in [-0.1, -0.05) is 12.8 Å². The van der Waals surface area contributed by atoms with Gasteiger partial charge >= 0.3 is 5.97 Å². The smallest absolute Gasteiger partial charge is 0.326 e. The molecule has 2 aliphatic rings. The number of rotatable bonds is 2. The Morgan fingerprint density at radius 1 is 1.32 bits per heavy atom. The van der Waals surface area contributed by atoms with Crippen molar-refractivity contribution in [3.05, 3.63) is 24.2 Å². The maximum Gasteiger partial charge on any atom is 0.326 e. The van der Waals surface area contributed by atoms with E-state index in [0.29, 0.717) is 12.3 Å². The minimum Gasteiger partial charge on any atom is -0.480 e. The summed E-state index contributed by atoms with van der Waals surface area (Å²) in [6, 6.07) is 2.60. The maximum absolute atomic E-state index is 12.4. The molecule has 19 heavy (non-hydrogen) atoms. The number of carbonyl (C=O) groups excluding carboxylic acids is 1. The first-order valence-corrected chi connectivity index (χ1v) is 6.77. The Hall–Kier alpha value is -1.78. The van der Waals surface area contributed by atoms with E-state index >= 15 is 0 Å². The van der Waals surface area contributed by atoms with Gasteiger partial charge in [-0.3, -0.25) is 4.79 Å². The van der Waals surface area contributed by atoms with Crippen molar-refractivity contribution < 1.29 is 19.1 Å². The third kappa shape index (κ3) is 2.03. The predicted octanol–water partition coefficient (Wildman–Crippen LogP) is 2.14. The molecule has 2 fully saturated rings. The SMILES string of the molecule is O=C(O)[C@@H]1C[C@H]2CCCC[C@@H]2N1C(=O)c1ccco1. The summed E-state index contributed by atoms with van der Waals surface area (Å²) in [5, 5.41) is 9.35. The van der Waals surface area contributed by atoms with Gasteiger partial charge in [-0.05, 0) is 37.3 Å². The first-order chi connectivity index (χ1) is 9.18. The van der Waals surface area contributed by atoms with Gasteiger partial charge in [0, 0.05) is 6.04 Å². The number of hydrogen-bond donors (Lipinski definition) is 1. The van der Waals surface area contributed by atoms with E-state index in [-0.39, 0.29) is 17.7 Å². The first kappa shape index (κ1) is 12.3. The van der Waals surface area contributed by atoms with Crippen LogP contribution in [0.5, 0.6) is 0 Å². The lowest BCUT2D eigenvalue weighted by Crippen LogP contribution is -2.46. The Balaban J connectivity index is 1.90. The van der Waals surface area contributed by atoms with E-state index in [1.807, 2.05) is 0 Å². The summed E-state index contributed by atoms with van der Waals surface area (Å²) in [5.41, 5.74) is 0. The second-order valence-electron chi connectivity index (χ2n) is 5.39. The van der Waals surface area contributed by atoms with E-state index in [4.69, 9.17) is 4.42 Å². The Labute approximate surface area is 111 Å². The van der Waals surface area contributed by atoms with Crippen LogP contribution < -0.4 is 0 Å². The van der Waals surface area contributed by atoms with Crippen LogP contribution in [-0.2, 0) is 4.79 Å². The van der Waals surface area contributed by atoms with Gasteiger partial charge in [0.15, 0.2) is 5.76 Å². The molecule has 1 aromatic rings. The van der Waals surface area contributed by atoms with E-state index in [9.17, 15) is 14.7 Å². The molecule has 1 aromatic heterocycles. The topological polar surface area (TPSA) is 70.8 Å². The van der Waals surface area contributed by atoms with Crippen LogP contribution in [0.25, 0.3) is 0 Å². The molecule has 3 atom stereocenters. The number of nitrogens with zero attached hydrogens (tertiary/aromatic N) is 1. The van der Waals surface area contributed by atoms with Crippen molar-refractivity contribution in [2.45, 2.75) is 44.2 Å². The van der Waals surface area contributed by atoms with Gasteiger partial charge in [-0.25, -0.2) is 4.79 Å². The number of fused-ring (bicyclic) bond motifs is 1. The van der Waals surface area contributed by atoms with Gasteiger partial charge < -0.3 is 14.4 Å². The molecule has 1 amide bonds. The third-order valence-corrected chi connectivity index (χ3v) is 4.34. The number of carboxylic acid groups (broad SMARTS) is 1. The molecule has 0 spiro atoms. The number of aliphatic carboxylic acids is 1. The minimum absolute atomic E-state index is 0.0625. The Morgan fingerprint density at radius 3 is 2.79 bits per heavy atom. The van der Waals surface area contributed by atoms with Crippen molar-refractivity contribution in [3.8, 4) is 0 Å². The molecule has 0 aromatic carbocycles. The van der Waals surface area contributed by atoms with Gasteiger partial charge in [0.2, 0.25) is 0 Å². The molecule has 2 heterocycles. The zero-order valence-electron chi connectivity index (χ0n) is 10.6. The van der Waals surface area contributed by atoms with Crippen molar-refractivity contribution in [1.82, 2.24) is 4.90 Å². The second kappa shape index (κ2) is 4.72. The summed E-state index contributed by atoms with van der Waals surface area (Å²) in [6.07, 6.45) is 6.15. The molecule has 0 radical (unpaired) electrons. The zero-order chi connectivity index (χ0) is 13.4. The average molecular weight is 263 g/mol. The van der Waals surface area contributed by atoms with E-state index in [0.717, 1.165) is 25.7 Å². The maximum atomic E-state index is 12.4. The van der Waals surface area contributed by atoms with Crippen LogP contribution >= 0.6 is 0 Å². The van der Waals surface area contributed by atoms with Gasteiger partial charge in [-0.15, -0.1) is 0 Å². The number of carbonyl (C=O) groups is 2. The predicted molar refractivity (Wildman–Crippen MR) is 66.7 cm³/mol. The van der Waals surface area contributed by atoms with Crippen molar-refractivity contribution in [1.29, 1.82) is 0 Å². The number of furan rings is 1. The fourth-order valence-electron chi connectivity index (χ4n) is 3.50. The molecule has 1 saturated carbocycles. The number of likely N-dealkylation sites (tertiary alicyclic amines) is 1. The molecule has 0 bridgehead atoms. The van der Waals surface area contributed by atoms with Crippen LogP contribution in [0.3, 0.4) is 0 Å². The summed E-state index contributed by atoms with van der Waals surface area (Å²) >= 11 is 0. The van der Waals surface area contributed by atoms with Crippen LogP contribution in [0.2, 0.25) is 0 Å². The molecule has 1 saturated heterocycles. The van der Waals surface area contributed by atoms with Crippen molar-refractivity contribution in [2.24, 2.45) is 5.92 Å². The van der Waals surface area contributed by atoms with E-state index in [2.05, 4.69) is 0 Å². The van der Waals surface area contributed by atoms with Gasteiger partial charge in [-0.2, -0.15) is 0 Å². The lowest BCUT2D eigenvalue weighted by Gasteiger charge is -2.32. The Kier molecular flexibility index (Phi) is 3.05. The molecule has 1 N–H and O–H groups in total. The largest absolute Gasteiger partial charge is 0.480 e. The highest BCUT2D eigenvalue weighted by Crippen LogP contribution is 2.40. The van der Waals surface area contributed by atoms with Gasteiger partial charge in [0.05, 0.1) is 6.26 Å². The fraction of sp³-hybridized carbons (Fsp3) is 0.571. The molecule has 1 aliphatic heterocycles. The highest BCUT2D eigenvalue weighted by Gasteiger charge is 2.48. The van der Waals surface area contributed by atoms with Gasteiger partial charge in [0.1, 0.15) is 6.04 Å². The van der Waals surface area contributed by atoms with Crippen LogP contribution in [0.4, 0.5) is 0 Å². The highest BCUT2D eigenvalue weighted by molar-refractivity contribution is 5.95. The highest BCUT2D eigenvalue weighted by atomic mass is 16.4. The molecular weight excluding hydrogens is 246 g/mol. The lowest BCUT2D eigenvalue weighted by atomic mass is 9.84. The van der Waals surface area contributed by atoms with Crippen LogP contribution in [0.1, 0.15) is 42.7 Å². The fourth-order valence-corrected chi connectivity index (χ4v) is 3.50. The van der Waals surface area contributed by atoms with E-state index in [1.165, 1.54) is 6.26 Å². The second-order valence-corrected chi connectivity index (χ2v) is 5.39. The first-order valence-electron chi connectivity index (χ1n) is 6.77. The standard InChI is InChI=1S/C14H17NO4/c16-13(12-6-3-7-19-12)15-10-5-2-1-4-9(10)8-11(15)14(17)18/h3,6-7,9-11H,1-2,4-5,8H2,(H,17,18)/t9-,10+,11+/m1/s1. The number of carboxylic acids is 1. The zero-order valence-corrected chi connectivity index (χ0v) is 10.6. The molecule has 5 heteroatoms. The number of hydrogen-bond acceptors (Lipinski definition) is 3. The summed E-state index contributed by atoms with van der Waals surface area (Å²) in [4.78, 5) is 25.4. The summed E-state index contributed by atoms with van der Waals surface area (Å²) < 4.78 is 5.13. The lowest BCUT2D eigenvalue weighted by molar-refractivity contribution is -0.141. The monoisotopic (exact) mass is 263 g/mol. The molecule has 3 rings (SSSR count). The van der Waals surface area contributed by atoms with E-state index in [1.54, 1.807) is 17.0 Å². The minimum atomic E-state index is -0.908. The molecular formula is C14H17NO4. The summed E-state index contributed by atoms with van der Waals surface area (Å²) in [5.74, 6) is -0.632. The quantitative estimate of drug-likeness (QED) is 0.887.